The molecule has 1 N–H and O–H groups in total. The topological polar surface area (TPSA) is 43.8 Å². The van der Waals surface area contributed by atoms with Gasteiger partial charge in [0.05, 0.1) is 6.42 Å². The molecule has 0 aromatic carbocycles. The van der Waals surface area contributed by atoms with Crippen molar-refractivity contribution in [3.63, 3.8) is 0 Å². The second-order valence-corrected chi connectivity index (χ2v) is 3.25. The summed E-state index contributed by atoms with van der Waals surface area (Å²) >= 11 is 0. The second-order valence-electron chi connectivity index (χ2n) is 3.25. The number of carboxylic acids is 1. The van der Waals surface area contributed by atoms with Gasteiger partial charge >= 0.3 is 5.97 Å². The molecule has 0 spiro atoms. The molecule has 0 aromatic heterocycles. The lowest BCUT2D eigenvalue weighted by Gasteiger charge is -2.17. The van der Waals surface area contributed by atoms with E-state index < -0.39 is 5.97 Å². The molecule has 72 valence electrons. The summed E-state index contributed by atoms with van der Waals surface area (Å²) in [6, 6.07) is 0. The van der Waals surface area contributed by atoms with Crippen LogP contribution in [-0.4, -0.2) is 61.7 Å². The van der Waals surface area contributed by atoms with Crippen molar-refractivity contribution in [3.05, 3.63) is 0 Å². The normalized spacial score (nSPS) is 11.1. The van der Waals surface area contributed by atoms with Crippen LogP contribution in [0.4, 0.5) is 0 Å². The Morgan fingerprint density at radius 1 is 1.17 bits per heavy atom. The number of aliphatic carboxylic acids is 1. The highest BCUT2D eigenvalue weighted by Gasteiger charge is 2.01. The SMILES string of the molecule is CN(C)CCN(C)CCC(=O)O. The molecule has 0 heterocycles. The Kier molecular flexibility index (Phi) is 5.66. The molecule has 0 aliphatic rings. The van der Waals surface area contributed by atoms with Crippen LogP contribution in [0.3, 0.4) is 0 Å². The Morgan fingerprint density at radius 2 is 1.75 bits per heavy atom. The second kappa shape index (κ2) is 5.97. The van der Waals surface area contributed by atoms with Crippen molar-refractivity contribution in [2.24, 2.45) is 0 Å². The van der Waals surface area contributed by atoms with Gasteiger partial charge in [0.2, 0.25) is 0 Å². The highest BCUT2D eigenvalue weighted by Crippen LogP contribution is 1.87. The van der Waals surface area contributed by atoms with Crippen LogP contribution in [0.1, 0.15) is 6.42 Å². The van der Waals surface area contributed by atoms with Crippen molar-refractivity contribution in [1.82, 2.24) is 9.80 Å². The summed E-state index contributed by atoms with van der Waals surface area (Å²) < 4.78 is 0. The summed E-state index contributed by atoms with van der Waals surface area (Å²) in [5.41, 5.74) is 0. The number of hydrogen-bond donors (Lipinski definition) is 1. The molecule has 0 fully saturated rings. The fraction of sp³-hybridized carbons (Fsp3) is 0.875. The van der Waals surface area contributed by atoms with Crippen LogP contribution in [0, 0.1) is 0 Å². The quantitative estimate of drug-likeness (QED) is 0.613. The summed E-state index contributed by atoms with van der Waals surface area (Å²) in [5, 5.41) is 8.40. The molecule has 0 saturated carbocycles. The van der Waals surface area contributed by atoms with Gasteiger partial charge in [0.1, 0.15) is 0 Å². The summed E-state index contributed by atoms with van der Waals surface area (Å²) in [6.07, 6.45) is 0.226. The number of hydrogen-bond acceptors (Lipinski definition) is 3. The zero-order valence-corrected chi connectivity index (χ0v) is 8.08. The minimum absolute atomic E-state index is 0.226. The van der Waals surface area contributed by atoms with Crippen molar-refractivity contribution in [2.45, 2.75) is 6.42 Å². The van der Waals surface area contributed by atoms with E-state index in [0.717, 1.165) is 13.1 Å². The zero-order valence-electron chi connectivity index (χ0n) is 8.08. The third-order valence-corrected chi connectivity index (χ3v) is 1.64. The van der Waals surface area contributed by atoms with Crippen LogP contribution in [0.25, 0.3) is 0 Å². The first-order valence-electron chi connectivity index (χ1n) is 4.07. The fourth-order valence-corrected chi connectivity index (χ4v) is 0.769. The highest BCUT2D eigenvalue weighted by molar-refractivity contribution is 5.66. The molecule has 0 rings (SSSR count). The number of rotatable bonds is 6. The molecule has 0 aliphatic heterocycles. The van der Waals surface area contributed by atoms with Crippen LogP contribution >= 0.6 is 0 Å². The van der Waals surface area contributed by atoms with Crippen molar-refractivity contribution < 1.29 is 9.90 Å². The lowest BCUT2D eigenvalue weighted by molar-refractivity contribution is -0.137. The molecule has 12 heavy (non-hydrogen) atoms. The number of carbonyl (C=O) groups is 1. The fourth-order valence-electron chi connectivity index (χ4n) is 0.769. The van der Waals surface area contributed by atoms with Gasteiger partial charge < -0.3 is 14.9 Å². The van der Waals surface area contributed by atoms with Gasteiger partial charge in [-0.2, -0.15) is 0 Å². The van der Waals surface area contributed by atoms with Crippen molar-refractivity contribution in [2.75, 3.05) is 40.8 Å². The Bertz CT molecular complexity index is 137. The lowest BCUT2D eigenvalue weighted by Crippen LogP contribution is -2.30. The monoisotopic (exact) mass is 174 g/mol. The molecule has 0 aliphatic carbocycles. The van der Waals surface area contributed by atoms with Gasteiger partial charge in [-0.3, -0.25) is 4.79 Å². The molecule has 0 aromatic rings. The molecular weight excluding hydrogens is 156 g/mol. The molecule has 4 heteroatoms. The Hall–Kier alpha value is -0.610. The van der Waals surface area contributed by atoms with E-state index in [4.69, 9.17) is 5.11 Å². The van der Waals surface area contributed by atoms with Gasteiger partial charge in [0.15, 0.2) is 0 Å². The average Bonchev–Trinajstić information content (AvgIpc) is 1.96. The highest BCUT2D eigenvalue weighted by atomic mass is 16.4. The largest absolute Gasteiger partial charge is 0.481 e. The predicted octanol–water partition coefficient (Wildman–Crippen LogP) is -0.0455. The Labute approximate surface area is 73.8 Å². The summed E-state index contributed by atoms with van der Waals surface area (Å²) in [4.78, 5) is 14.3. The standard InChI is InChI=1S/C8H18N2O2/c1-9(2)6-7-10(3)5-4-8(11)12/h4-7H2,1-3H3,(H,11,12). The van der Waals surface area contributed by atoms with Crippen LogP contribution < -0.4 is 0 Å². The minimum atomic E-state index is -0.730. The Morgan fingerprint density at radius 3 is 2.17 bits per heavy atom. The average molecular weight is 174 g/mol. The molecule has 0 atom stereocenters. The molecular formula is C8H18N2O2. The summed E-state index contributed by atoms with van der Waals surface area (Å²) in [5.74, 6) is -0.730. The first-order chi connectivity index (χ1) is 5.52. The maximum absolute atomic E-state index is 10.2. The van der Waals surface area contributed by atoms with Crippen LogP contribution in [-0.2, 0) is 4.79 Å². The van der Waals surface area contributed by atoms with Gasteiger partial charge in [-0.05, 0) is 21.1 Å². The maximum Gasteiger partial charge on any atom is 0.304 e. The van der Waals surface area contributed by atoms with E-state index in [0.29, 0.717) is 6.54 Å². The first-order valence-corrected chi connectivity index (χ1v) is 4.07. The molecule has 4 nitrogen and oxygen atoms in total. The Balaban J connectivity index is 3.33. The van der Waals surface area contributed by atoms with Gasteiger partial charge in [0.25, 0.3) is 0 Å². The third-order valence-electron chi connectivity index (χ3n) is 1.64. The maximum atomic E-state index is 10.2. The van der Waals surface area contributed by atoms with E-state index in [1.165, 1.54) is 0 Å². The van der Waals surface area contributed by atoms with Crippen molar-refractivity contribution in [3.8, 4) is 0 Å². The van der Waals surface area contributed by atoms with E-state index in [-0.39, 0.29) is 6.42 Å². The molecule has 0 unspecified atom stereocenters. The van der Waals surface area contributed by atoms with E-state index in [1.807, 2.05) is 26.0 Å². The summed E-state index contributed by atoms with van der Waals surface area (Å²) in [6.45, 7) is 2.51. The van der Waals surface area contributed by atoms with Crippen LogP contribution in [0.15, 0.2) is 0 Å². The van der Waals surface area contributed by atoms with Gasteiger partial charge in [-0.1, -0.05) is 0 Å². The molecule has 0 radical (unpaired) electrons. The van der Waals surface area contributed by atoms with Gasteiger partial charge in [-0.25, -0.2) is 0 Å². The summed E-state index contributed by atoms with van der Waals surface area (Å²) in [7, 11) is 5.95. The number of likely N-dealkylation sites (N-methyl/N-ethyl adjacent to an activating group) is 2. The van der Waals surface area contributed by atoms with E-state index in [9.17, 15) is 4.79 Å². The number of carboxylic acid groups (broad SMARTS) is 1. The van der Waals surface area contributed by atoms with Crippen LogP contribution in [0.5, 0.6) is 0 Å². The minimum Gasteiger partial charge on any atom is -0.481 e. The first kappa shape index (κ1) is 11.4. The third kappa shape index (κ3) is 7.50. The predicted molar refractivity (Wildman–Crippen MR) is 48.3 cm³/mol. The van der Waals surface area contributed by atoms with Crippen molar-refractivity contribution >= 4 is 5.97 Å². The van der Waals surface area contributed by atoms with E-state index in [1.54, 1.807) is 0 Å². The van der Waals surface area contributed by atoms with Gasteiger partial charge in [-0.15, -0.1) is 0 Å². The van der Waals surface area contributed by atoms with Crippen molar-refractivity contribution in [1.29, 1.82) is 0 Å². The molecule has 0 amide bonds. The molecule has 0 bridgehead atoms. The number of nitrogens with zero attached hydrogens (tertiary/aromatic N) is 2. The van der Waals surface area contributed by atoms with Gasteiger partial charge in [0, 0.05) is 19.6 Å². The molecule has 0 saturated heterocycles. The van der Waals surface area contributed by atoms with E-state index in [2.05, 4.69) is 4.90 Å². The lowest BCUT2D eigenvalue weighted by atomic mass is 10.4. The zero-order chi connectivity index (χ0) is 9.56. The van der Waals surface area contributed by atoms with E-state index >= 15 is 0 Å². The smallest absolute Gasteiger partial charge is 0.304 e. The van der Waals surface area contributed by atoms with Crippen LogP contribution in [0.2, 0.25) is 0 Å².